The van der Waals surface area contributed by atoms with E-state index in [0.717, 1.165) is 30.5 Å². The van der Waals surface area contributed by atoms with Crippen molar-refractivity contribution in [2.75, 3.05) is 23.3 Å². The third kappa shape index (κ3) is 2.74. The number of nitrogens with zero attached hydrogens (tertiary/aromatic N) is 3. The molecular weight excluding hydrogens is 224 g/mol. The Bertz CT molecular complexity index is 403. The van der Waals surface area contributed by atoms with Gasteiger partial charge in [0.2, 0.25) is 5.95 Å². The van der Waals surface area contributed by atoms with E-state index in [-0.39, 0.29) is 0 Å². The molecule has 0 bridgehead atoms. The highest BCUT2D eigenvalue weighted by atomic mass is 15.3. The number of rotatable bonds is 4. The Balaban J connectivity index is 2.26. The molecule has 1 aromatic rings. The minimum Gasteiger partial charge on any atom is -0.354 e. The van der Waals surface area contributed by atoms with Gasteiger partial charge in [0.1, 0.15) is 5.82 Å². The van der Waals surface area contributed by atoms with Crippen LogP contribution in [0.3, 0.4) is 0 Å². The maximum atomic E-state index is 4.64. The summed E-state index contributed by atoms with van der Waals surface area (Å²) in [5.41, 5.74) is 1.03. The standard InChI is InChI=1S/C14H24N4/c1-5-15-14-16-11(4)9-13(17-14)18-8-6-7-12(18)10(2)3/h9-10,12H,5-8H2,1-4H3,(H,15,16,17). The van der Waals surface area contributed by atoms with Crippen molar-refractivity contribution in [3.63, 3.8) is 0 Å². The van der Waals surface area contributed by atoms with Gasteiger partial charge in [-0.15, -0.1) is 0 Å². The van der Waals surface area contributed by atoms with Crippen LogP contribution in [0, 0.1) is 12.8 Å². The van der Waals surface area contributed by atoms with Crippen molar-refractivity contribution in [1.82, 2.24) is 9.97 Å². The van der Waals surface area contributed by atoms with Gasteiger partial charge in [0.15, 0.2) is 0 Å². The summed E-state index contributed by atoms with van der Waals surface area (Å²) >= 11 is 0. The summed E-state index contributed by atoms with van der Waals surface area (Å²) in [6.07, 6.45) is 2.54. The summed E-state index contributed by atoms with van der Waals surface area (Å²) in [5, 5.41) is 3.21. The van der Waals surface area contributed by atoms with Gasteiger partial charge in [-0.25, -0.2) is 4.98 Å². The molecule has 1 aliphatic heterocycles. The summed E-state index contributed by atoms with van der Waals surface area (Å²) in [6.45, 7) is 10.7. The lowest BCUT2D eigenvalue weighted by molar-refractivity contribution is 0.489. The van der Waals surface area contributed by atoms with Gasteiger partial charge in [-0.1, -0.05) is 13.8 Å². The van der Waals surface area contributed by atoms with Crippen molar-refractivity contribution < 1.29 is 0 Å². The quantitative estimate of drug-likeness (QED) is 0.889. The van der Waals surface area contributed by atoms with Crippen LogP contribution in [0.15, 0.2) is 6.07 Å². The maximum Gasteiger partial charge on any atom is 0.224 e. The second-order valence-electron chi connectivity index (χ2n) is 5.37. The highest BCUT2D eigenvalue weighted by Crippen LogP contribution is 2.29. The van der Waals surface area contributed by atoms with E-state index < -0.39 is 0 Å². The molecule has 1 saturated heterocycles. The van der Waals surface area contributed by atoms with Gasteiger partial charge in [-0.2, -0.15) is 4.98 Å². The Morgan fingerprint density at radius 3 is 2.89 bits per heavy atom. The molecule has 1 atom stereocenters. The molecule has 1 fully saturated rings. The molecule has 100 valence electrons. The molecular formula is C14H24N4. The lowest BCUT2D eigenvalue weighted by Crippen LogP contribution is -2.34. The van der Waals surface area contributed by atoms with Crippen LogP contribution >= 0.6 is 0 Å². The Labute approximate surface area is 110 Å². The van der Waals surface area contributed by atoms with Gasteiger partial charge in [0.25, 0.3) is 0 Å². The van der Waals surface area contributed by atoms with Crippen LogP contribution in [-0.2, 0) is 0 Å². The normalized spacial score (nSPS) is 19.6. The topological polar surface area (TPSA) is 41.1 Å². The van der Waals surface area contributed by atoms with Crippen LogP contribution in [0.2, 0.25) is 0 Å². The summed E-state index contributed by atoms with van der Waals surface area (Å²) < 4.78 is 0. The zero-order valence-corrected chi connectivity index (χ0v) is 11.9. The third-order valence-corrected chi connectivity index (χ3v) is 3.54. The molecule has 1 aromatic heterocycles. The molecule has 1 aliphatic rings. The van der Waals surface area contributed by atoms with Gasteiger partial charge < -0.3 is 10.2 Å². The molecule has 0 saturated carbocycles. The van der Waals surface area contributed by atoms with Crippen molar-refractivity contribution in [2.24, 2.45) is 5.92 Å². The van der Waals surface area contributed by atoms with Gasteiger partial charge >= 0.3 is 0 Å². The van der Waals surface area contributed by atoms with E-state index >= 15 is 0 Å². The molecule has 0 aliphatic carbocycles. The first kappa shape index (κ1) is 13.1. The molecule has 2 heterocycles. The smallest absolute Gasteiger partial charge is 0.224 e. The number of aromatic nitrogens is 2. The first-order valence-corrected chi connectivity index (χ1v) is 6.98. The van der Waals surface area contributed by atoms with E-state index in [1.165, 1.54) is 12.8 Å². The van der Waals surface area contributed by atoms with Crippen molar-refractivity contribution >= 4 is 11.8 Å². The minimum atomic E-state index is 0.619. The predicted octanol–water partition coefficient (Wildman–Crippen LogP) is 2.84. The van der Waals surface area contributed by atoms with Crippen LogP contribution in [0.25, 0.3) is 0 Å². The summed E-state index contributed by atoms with van der Waals surface area (Å²) in [7, 11) is 0. The molecule has 0 radical (unpaired) electrons. The Hall–Kier alpha value is -1.32. The summed E-state index contributed by atoms with van der Waals surface area (Å²) in [5.74, 6) is 2.50. The lowest BCUT2D eigenvalue weighted by atomic mass is 10.0. The fraction of sp³-hybridized carbons (Fsp3) is 0.714. The highest BCUT2D eigenvalue weighted by Gasteiger charge is 2.28. The molecule has 4 nitrogen and oxygen atoms in total. The van der Waals surface area contributed by atoms with Crippen molar-refractivity contribution in [1.29, 1.82) is 0 Å². The number of hydrogen-bond donors (Lipinski definition) is 1. The SMILES string of the molecule is CCNc1nc(C)cc(N2CCCC2C(C)C)n1. The molecule has 0 aromatic carbocycles. The second kappa shape index (κ2) is 5.55. The monoisotopic (exact) mass is 248 g/mol. The maximum absolute atomic E-state index is 4.64. The highest BCUT2D eigenvalue weighted by molar-refractivity contribution is 5.46. The van der Waals surface area contributed by atoms with Crippen LogP contribution in [-0.4, -0.2) is 29.1 Å². The van der Waals surface area contributed by atoms with Gasteiger partial charge in [0, 0.05) is 30.9 Å². The Kier molecular flexibility index (Phi) is 4.04. The summed E-state index contributed by atoms with van der Waals surface area (Å²) in [4.78, 5) is 11.5. The van der Waals surface area contributed by atoms with Gasteiger partial charge in [-0.3, -0.25) is 0 Å². The van der Waals surface area contributed by atoms with E-state index in [4.69, 9.17) is 0 Å². The van der Waals surface area contributed by atoms with E-state index in [9.17, 15) is 0 Å². The molecule has 0 spiro atoms. The van der Waals surface area contributed by atoms with E-state index in [2.05, 4.69) is 47.0 Å². The average Bonchev–Trinajstić information content (AvgIpc) is 2.77. The lowest BCUT2D eigenvalue weighted by Gasteiger charge is -2.29. The molecule has 1 unspecified atom stereocenters. The van der Waals surface area contributed by atoms with E-state index in [0.29, 0.717) is 12.0 Å². The largest absolute Gasteiger partial charge is 0.354 e. The summed E-state index contributed by atoms with van der Waals surface area (Å²) in [6, 6.07) is 2.72. The number of anilines is 2. The van der Waals surface area contributed by atoms with E-state index in [1.807, 2.05) is 6.92 Å². The predicted molar refractivity (Wildman–Crippen MR) is 76.1 cm³/mol. The average molecular weight is 248 g/mol. The Morgan fingerprint density at radius 1 is 1.44 bits per heavy atom. The molecule has 0 amide bonds. The van der Waals surface area contributed by atoms with Gasteiger partial charge in [-0.05, 0) is 32.6 Å². The van der Waals surface area contributed by atoms with Crippen LogP contribution in [0.5, 0.6) is 0 Å². The first-order chi connectivity index (χ1) is 8.61. The number of hydrogen-bond acceptors (Lipinski definition) is 4. The molecule has 1 N–H and O–H groups in total. The molecule has 18 heavy (non-hydrogen) atoms. The van der Waals surface area contributed by atoms with Crippen LogP contribution in [0.4, 0.5) is 11.8 Å². The second-order valence-corrected chi connectivity index (χ2v) is 5.37. The number of aryl methyl sites for hydroxylation is 1. The molecule has 4 heteroatoms. The van der Waals surface area contributed by atoms with Crippen LogP contribution in [0.1, 0.15) is 39.3 Å². The number of nitrogens with one attached hydrogen (secondary N) is 1. The fourth-order valence-corrected chi connectivity index (χ4v) is 2.71. The van der Waals surface area contributed by atoms with Crippen molar-refractivity contribution in [3.8, 4) is 0 Å². The zero-order chi connectivity index (χ0) is 13.1. The minimum absolute atomic E-state index is 0.619. The first-order valence-electron chi connectivity index (χ1n) is 6.98. The van der Waals surface area contributed by atoms with Crippen molar-refractivity contribution in [2.45, 2.75) is 46.6 Å². The molecule has 2 rings (SSSR count). The third-order valence-electron chi connectivity index (χ3n) is 3.54. The van der Waals surface area contributed by atoms with Gasteiger partial charge in [0.05, 0.1) is 0 Å². The van der Waals surface area contributed by atoms with Crippen LogP contribution < -0.4 is 10.2 Å². The van der Waals surface area contributed by atoms with E-state index in [1.54, 1.807) is 0 Å². The fourth-order valence-electron chi connectivity index (χ4n) is 2.71. The zero-order valence-electron chi connectivity index (χ0n) is 11.9. The Morgan fingerprint density at radius 2 is 2.22 bits per heavy atom. The van der Waals surface area contributed by atoms with Crippen molar-refractivity contribution in [3.05, 3.63) is 11.8 Å².